The average molecular weight is 288 g/mol. The highest BCUT2D eigenvalue weighted by Crippen LogP contribution is 2.50. The summed E-state index contributed by atoms with van der Waals surface area (Å²) in [5, 5.41) is 0. The summed E-state index contributed by atoms with van der Waals surface area (Å²) in [5.41, 5.74) is 0. The van der Waals surface area contributed by atoms with Crippen molar-refractivity contribution < 1.29 is 4.79 Å². The predicted octanol–water partition coefficient (Wildman–Crippen LogP) is 1.66. The molecular weight excluding hydrogens is 264 g/mol. The number of aromatic amines is 1. The molecule has 2 heterocycles. The number of nitrogens with zero attached hydrogens (tertiary/aromatic N) is 3. The second kappa shape index (κ2) is 5.13. The van der Waals surface area contributed by atoms with Crippen molar-refractivity contribution in [2.24, 2.45) is 17.8 Å². The summed E-state index contributed by atoms with van der Waals surface area (Å²) in [6.45, 7) is 2.57. The summed E-state index contributed by atoms with van der Waals surface area (Å²) in [5.74, 6) is 3.10. The Kier molecular flexibility index (Phi) is 3.25. The molecule has 0 unspecified atom stereocenters. The first-order chi connectivity index (χ1) is 10.2. The number of H-pyrrole nitrogens is 1. The van der Waals surface area contributed by atoms with Crippen LogP contribution >= 0.6 is 0 Å². The lowest BCUT2D eigenvalue weighted by molar-refractivity contribution is -0.140. The summed E-state index contributed by atoms with van der Waals surface area (Å²) < 4.78 is 0. The Balaban J connectivity index is 1.48. The van der Waals surface area contributed by atoms with E-state index in [1.165, 1.54) is 25.7 Å². The summed E-state index contributed by atoms with van der Waals surface area (Å²) in [4.78, 5) is 25.0. The highest BCUT2D eigenvalue weighted by atomic mass is 16.2. The lowest BCUT2D eigenvalue weighted by Crippen LogP contribution is -2.51. The van der Waals surface area contributed by atoms with E-state index >= 15 is 0 Å². The number of hydrogen-bond acceptors (Lipinski definition) is 3. The van der Waals surface area contributed by atoms with Gasteiger partial charge in [-0.25, -0.2) is 4.98 Å². The molecule has 3 fully saturated rings. The van der Waals surface area contributed by atoms with Gasteiger partial charge in [-0.3, -0.25) is 9.69 Å². The van der Waals surface area contributed by atoms with E-state index in [1.54, 1.807) is 6.20 Å². The second-order valence-electron chi connectivity index (χ2n) is 6.96. The van der Waals surface area contributed by atoms with Crippen LogP contribution in [0.4, 0.5) is 0 Å². The Morgan fingerprint density at radius 2 is 2.00 bits per heavy atom. The van der Waals surface area contributed by atoms with Crippen LogP contribution in [0.15, 0.2) is 12.4 Å². The summed E-state index contributed by atoms with van der Waals surface area (Å²) in [6, 6.07) is 0.205. The van der Waals surface area contributed by atoms with Crippen LogP contribution in [0.3, 0.4) is 0 Å². The van der Waals surface area contributed by atoms with Crippen LogP contribution in [0.5, 0.6) is 0 Å². The van der Waals surface area contributed by atoms with Crippen molar-refractivity contribution in [3.63, 3.8) is 0 Å². The Labute approximate surface area is 125 Å². The Hall–Kier alpha value is -1.36. The number of amides is 1. The highest BCUT2D eigenvalue weighted by Gasteiger charge is 2.47. The van der Waals surface area contributed by atoms with Gasteiger partial charge in [0.05, 0.1) is 6.04 Å². The highest BCUT2D eigenvalue weighted by molar-refractivity contribution is 5.80. The lowest BCUT2D eigenvalue weighted by Gasteiger charge is -2.40. The van der Waals surface area contributed by atoms with Crippen LogP contribution in [0.1, 0.15) is 37.5 Å². The number of imidazole rings is 1. The van der Waals surface area contributed by atoms with Crippen molar-refractivity contribution in [3.8, 4) is 0 Å². The molecule has 1 amide bonds. The van der Waals surface area contributed by atoms with Crippen molar-refractivity contribution in [1.29, 1.82) is 0 Å². The van der Waals surface area contributed by atoms with Gasteiger partial charge in [0, 0.05) is 37.9 Å². The van der Waals surface area contributed by atoms with Gasteiger partial charge >= 0.3 is 0 Å². The molecule has 1 atom stereocenters. The topological polar surface area (TPSA) is 52.2 Å². The first-order valence-corrected chi connectivity index (χ1v) is 8.22. The van der Waals surface area contributed by atoms with E-state index in [9.17, 15) is 4.79 Å². The van der Waals surface area contributed by atoms with Crippen molar-refractivity contribution in [3.05, 3.63) is 18.2 Å². The first kappa shape index (κ1) is 13.3. The molecule has 0 radical (unpaired) electrons. The van der Waals surface area contributed by atoms with Crippen molar-refractivity contribution in [2.45, 2.75) is 31.7 Å². The number of piperazine rings is 1. The van der Waals surface area contributed by atoms with Crippen LogP contribution in [0.2, 0.25) is 0 Å². The van der Waals surface area contributed by atoms with Crippen LogP contribution in [0, 0.1) is 17.8 Å². The normalized spacial score (nSPS) is 27.3. The van der Waals surface area contributed by atoms with E-state index < -0.39 is 0 Å². The molecule has 0 spiro atoms. The third-order valence-electron chi connectivity index (χ3n) is 5.34. The van der Waals surface area contributed by atoms with Crippen molar-refractivity contribution in [1.82, 2.24) is 19.8 Å². The molecule has 1 saturated heterocycles. The first-order valence-electron chi connectivity index (χ1n) is 8.22. The fourth-order valence-corrected chi connectivity index (χ4v) is 3.74. The van der Waals surface area contributed by atoms with E-state index in [1.807, 2.05) is 6.20 Å². The standard InChI is InChI=1S/C16H24N4O/c1-19-8-9-20(10-13(19)15-17-6-7-18-15)16(21)14(11-2-3-11)12-4-5-12/h6-7,11-14H,2-5,8-10H2,1H3,(H,17,18)/t13-/m0/s1. The van der Waals surface area contributed by atoms with E-state index in [2.05, 4.69) is 26.8 Å². The van der Waals surface area contributed by atoms with Gasteiger partial charge in [0.15, 0.2) is 0 Å². The Bertz CT molecular complexity index is 494. The Morgan fingerprint density at radius 3 is 2.57 bits per heavy atom. The monoisotopic (exact) mass is 288 g/mol. The SMILES string of the molecule is CN1CCN(C(=O)C(C2CC2)C2CC2)C[C@H]1c1ncc[nH]1. The molecule has 1 aromatic rings. The van der Waals surface area contributed by atoms with Crippen molar-refractivity contribution >= 4 is 5.91 Å². The smallest absolute Gasteiger partial charge is 0.226 e. The van der Waals surface area contributed by atoms with Crippen LogP contribution in [-0.2, 0) is 4.79 Å². The minimum absolute atomic E-state index is 0.205. The second-order valence-corrected chi connectivity index (χ2v) is 6.96. The molecule has 114 valence electrons. The molecule has 2 saturated carbocycles. The number of carbonyl (C=O) groups is 1. The molecule has 1 N–H and O–H groups in total. The summed E-state index contributed by atoms with van der Waals surface area (Å²) >= 11 is 0. The van der Waals surface area contributed by atoms with Crippen LogP contribution in [0.25, 0.3) is 0 Å². The Morgan fingerprint density at radius 1 is 1.29 bits per heavy atom. The molecule has 0 bridgehead atoms. The zero-order valence-corrected chi connectivity index (χ0v) is 12.7. The average Bonchev–Trinajstić information content (AvgIpc) is 3.42. The fraction of sp³-hybridized carbons (Fsp3) is 0.750. The quantitative estimate of drug-likeness (QED) is 0.917. The van der Waals surface area contributed by atoms with Gasteiger partial charge in [-0.1, -0.05) is 0 Å². The molecule has 0 aromatic carbocycles. The minimum atomic E-state index is 0.205. The number of likely N-dealkylation sites (N-methyl/N-ethyl adjacent to an activating group) is 1. The zero-order chi connectivity index (χ0) is 14.4. The molecular formula is C16H24N4O. The van der Waals surface area contributed by atoms with Crippen LogP contribution in [-0.4, -0.2) is 52.4 Å². The lowest BCUT2D eigenvalue weighted by atomic mass is 9.95. The van der Waals surface area contributed by atoms with E-state index in [0.29, 0.717) is 23.7 Å². The van der Waals surface area contributed by atoms with Gasteiger partial charge in [0.1, 0.15) is 5.82 Å². The van der Waals surface area contributed by atoms with Crippen molar-refractivity contribution in [2.75, 3.05) is 26.7 Å². The molecule has 1 aromatic heterocycles. The molecule has 3 aliphatic rings. The van der Waals surface area contributed by atoms with E-state index in [4.69, 9.17) is 0 Å². The van der Waals surface area contributed by atoms with E-state index in [-0.39, 0.29) is 6.04 Å². The fourth-order valence-electron chi connectivity index (χ4n) is 3.74. The molecule has 5 heteroatoms. The largest absolute Gasteiger partial charge is 0.347 e. The summed E-state index contributed by atoms with van der Waals surface area (Å²) in [7, 11) is 2.12. The number of carbonyl (C=O) groups excluding carboxylic acids is 1. The van der Waals surface area contributed by atoms with Gasteiger partial charge in [-0.05, 0) is 44.6 Å². The van der Waals surface area contributed by atoms with Crippen LogP contribution < -0.4 is 0 Å². The number of aromatic nitrogens is 2. The van der Waals surface area contributed by atoms with Gasteiger partial charge in [0.2, 0.25) is 5.91 Å². The van der Waals surface area contributed by atoms with Gasteiger partial charge in [-0.15, -0.1) is 0 Å². The maximum Gasteiger partial charge on any atom is 0.226 e. The number of hydrogen-bond donors (Lipinski definition) is 1. The maximum atomic E-state index is 13.0. The molecule has 5 nitrogen and oxygen atoms in total. The minimum Gasteiger partial charge on any atom is -0.347 e. The number of nitrogens with one attached hydrogen (secondary N) is 1. The molecule has 21 heavy (non-hydrogen) atoms. The summed E-state index contributed by atoms with van der Waals surface area (Å²) in [6.07, 6.45) is 8.72. The third kappa shape index (κ3) is 2.59. The van der Waals surface area contributed by atoms with Gasteiger partial charge in [0.25, 0.3) is 0 Å². The van der Waals surface area contributed by atoms with E-state index in [0.717, 1.165) is 25.5 Å². The maximum absolute atomic E-state index is 13.0. The molecule has 1 aliphatic heterocycles. The molecule has 4 rings (SSSR count). The van der Waals surface area contributed by atoms with Gasteiger partial charge < -0.3 is 9.88 Å². The predicted molar refractivity (Wildman–Crippen MR) is 79.5 cm³/mol. The zero-order valence-electron chi connectivity index (χ0n) is 12.7. The van der Waals surface area contributed by atoms with Gasteiger partial charge in [-0.2, -0.15) is 0 Å². The molecule has 2 aliphatic carbocycles. The third-order valence-corrected chi connectivity index (χ3v) is 5.34. The number of rotatable bonds is 4.